The number of nitro benzene ring substituents is 2. The zero-order valence-corrected chi connectivity index (χ0v) is 17.1. The first-order valence-electron chi connectivity index (χ1n) is 9.85. The van der Waals surface area contributed by atoms with Crippen LogP contribution < -0.4 is 10.9 Å². The fraction of sp³-hybridized carbons (Fsp3) is 0. The van der Waals surface area contributed by atoms with Crippen molar-refractivity contribution in [2.75, 3.05) is 0 Å². The molecule has 10 nitrogen and oxygen atoms in total. The molecule has 0 atom stereocenters. The molecule has 0 bridgehead atoms. The van der Waals surface area contributed by atoms with Crippen LogP contribution in [0.25, 0.3) is 44.6 Å². The molecular weight excluding hydrogens is 444 g/mol. The van der Waals surface area contributed by atoms with Gasteiger partial charge < -0.3 is 8.83 Å². The Balaban J connectivity index is 1.65. The summed E-state index contributed by atoms with van der Waals surface area (Å²) in [5.41, 5.74) is 0.272. The van der Waals surface area contributed by atoms with Crippen LogP contribution >= 0.6 is 0 Å². The fourth-order valence-electron chi connectivity index (χ4n) is 3.58. The first-order chi connectivity index (χ1) is 16.3. The number of nitro groups is 2. The van der Waals surface area contributed by atoms with Gasteiger partial charge in [0, 0.05) is 53.6 Å². The van der Waals surface area contributed by atoms with E-state index in [2.05, 4.69) is 0 Å². The Hall–Kier alpha value is -5.12. The number of nitrogens with zero attached hydrogens (tertiary/aromatic N) is 2. The van der Waals surface area contributed by atoms with Crippen LogP contribution in [0.3, 0.4) is 0 Å². The third-order valence-corrected chi connectivity index (χ3v) is 5.30. The number of hydrogen-bond donors (Lipinski definition) is 0. The van der Waals surface area contributed by atoms with Crippen molar-refractivity contribution >= 4 is 33.3 Å². The number of fused-ring (bicyclic) bond motifs is 2. The maximum absolute atomic E-state index is 12.7. The monoisotopic (exact) mass is 456 g/mol. The molecule has 0 amide bonds. The van der Waals surface area contributed by atoms with Gasteiger partial charge in [0.05, 0.1) is 20.6 Å². The second-order valence-corrected chi connectivity index (χ2v) is 7.40. The van der Waals surface area contributed by atoms with E-state index in [0.29, 0.717) is 11.1 Å². The molecule has 5 rings (SSSR count). The van der Waals surface area contributed by atoms with E-state index in [1.54, 1.807) is 0 Å². The Morgan fingerprint density at radius 3 is 1.29 bits per heavy atom. The first-order valence-corrected chi connectivity index (χ1v) is 9.85. The summed E-state index contributed by atoms with van der Waals surface area (Å²) in [5.74, 6) is 0.390. The summed E-state index contributed by atoms with van der Waals surface area (Å²) >= 11 is 0. The average Bonchev–Trinajstić information content (AvgIpc) is 2.83. The lowest BCUT2D eigenvalue weighted by molar-refractivity contribution is -0.385. The highest BCUT2D eigenvalue weighted by molar-refractivity contribution is 5.93. The van der Waals surface area contributed by atoms with Crippen LogP contribution in [0, 0.1) is 20.2 Å². The Labute approximate surface area is 188 Å². The summed E-state index contributed by atoms with van der Waals surface area (Å²) in [5, 5.41) is 22.1. The third kappa shape index (κ3) is 3.58. The molecule has 0 aliphatic heterocycles. The smallest absolute Gasteiger partial charge is 0.269 e. The van der Waals surface area contributed by atoms with E-state index in [1.807, 2.05) is 0 Å². The standard InChI is InChI=1S/C24H12N2O8/c27-19-10-21(13-1-5-15(6-2-13)25(29)30)33-23-12-24-18(9-17(19)23)20(28)11-22(34-24)14-3-7-16(8-4-14)26(31)32/h1-12H. The summed E-state index contributed by atoms with van der Waals surface area (Å²) in [6, 6.07) is 16.4. The lowest BCUT2D eigenvalue weighted by atomic mass is 10.1. The van der Waals surface area contributed by atoms with Crippen molar-refractivity contribution < 1.29 is 18.7 Å². The van der Waals surface area contributed by atoms with Crippen molar-refractivity contribution in [3.05, 3.63) is 113 Å². The Morgan fingerprint density at radius 1 is 0.559 bits per heavy atom. The van der Waals surface area contributed by atoms with Crippen LogP contribution in [0.5, 0.6) is 0 Å². The van der Waals surface area contributed by atoms with Crippen LogP contribution in [0.4, 0.5) is 11.4 Å². The minimum atomic E-state index is -0.531. The largest absolute Gasteiger partial charge is 0.456 e. The molecule has 0 aliphatic rings. The Kier molecular flexibility index (Phi) is 4.75. The molecule has 0 aliphatic carbocycles. The summed E-state index contributed by atoms with van der Waals surface area (Å²) in [6.45, 7) is 0. The van der Waals surface area contributed by atoms with Gasteiger partial charge in [-0.1, -0.05) is 0 Å². The third-order valence-electron chi connectivity index (χ3n) is 5.30. The van der Waals surface area contributed by atoms with Gasteiger partial charge in [0.2, 0.25) is 0 Å². The molecule has 2 heterocycles. The molecular formula is C24H12N2O8. The lowest BCUT2D eigenvalue weighted by Gasteiger charge is -2.06. The molecule has 5 aromatic rings. The van der Waals surface area contributed by atoms with Crippen LogP contribution in [-0.2, 0) is 0 Å². The fourth-order valence-corrected chi connectivity index (χ4v) is 3.58. The van der Waals surface area contributed by atoms with Gasteiger partial charge in [0.15, 0.2) is 10.9 Å². The van der Waals surface area contributed by atoms with Crippen molar-refractivity contribution in [3.63, 3.8) is 0 Å². The van der Waals surface area contributed by atoms with Crippen molar-refractivity contribution in [3.8, 4) is 22.6 Å². The van der Waals surface area contributed by atoms with E-state index in [0.717, 1.165) is 0 Å². The van der Waals surface area contributed by atoms with E-state index in [4.69, 9.17) is 8.83 Å². The molecule has 0 fully saturated rings. The van der Waals surface area contributed by atoms with Gasteiger partial charge in [0.25, 0.3) is 11.4 Å². The van der Waals surface area contributed by atoms with Gasteiger partial charge in [-0.15, -0.1) is 0 Å². The molecule has 3 aromatic carbocycles. The zero-order chi connectivity index (χ0) is 24.0. The van der Waals surface area contributed by atoms with Crippen LogP contribution in [0.15, 0.2) is 91.2 Å². The highest BCUT2D eigenvalue weighted by atomic mass is 16.6. The predicted molar refractivity (Wildman–Crippen MR) is 123 cm³/mol. The molecule has 0 N–H and O–H groups in total. The van der Waals surface area contributed by atoms with E-state index >= 15 is 0 Å². The molecule has 166 valence electrons. The van der Waals surface area contributed by atoms with E-state index < -0.39 is 20.7 Å². The maximum Gasteiger partial charge on any atom is 0.269 e. The van der Waals surface area contributed by atoms with Gasteiger partial charge >= 0.3 is 0 Å². The van der Waals surface area contributed by atoms with Crippen molar-refractivity contribution in [1.29, 1.82) is 0 Å². The summed E-state index contributed by atoms with van der Waals surface area (Å²) in [7, 11) is 0. The number of non-ortho nitro benzene ring substituents is 2. The lowest BCUT2D eigenvalue weighted by Crippen LogP contribution is -2.04. The highest BCUT2D eigenvalue weighted by Gasteiger charge is 2.14. The molecule has 0 saturated carbocycles. The summed E-state index contributed by atoms with van der Waals surface area (Å²) in [6.07, 6.45) is 0. The Morgan fingerprint density at radius 2 is 0.941 bits per heavy atom. The molecule has 0 spiro atoms. The maximum atomic E-state index is 12.7. The zero-order valence-electron chi connectivity index (χ0n) is 17.1. The SMILES string of the molecule is O=c1cc(-c2ccc([N+](=O)[O-])cc2)oc2cc3oc(-c4ccc([N+](=O)[O-])cc4)cc(=O)c3cc12. The molecule has 34 heavy (non-hydrogen) atoms. The molecule has 0 saturated heterocycles. The molecule has 0 unspecified atom stereocenters. The summed E-state index contributed by atoms with van der Waals surface area (Å²) < 4.78 is 11.7. The van der Waals surface area contributed by atoms with E-state index in [9.17, 15) is 29.8 Å². The Bertz CT molecular complexity index is 1610. The van der Waals surface area contributed by atoms with Gasteiger partial charge in [0.1, 0.15) is 22.7 Å². The van der Waals surface area contributed by atoms with Crippen molar-refractivity contribution in [1.82, 2.24) is 0 Å². The van der Waals surface area contributed by atoms with E-state index in [-0.39, 0.29) is 44.8 Å². The average molecular weight is 456 g/mol. The van der Waals surface area contributed by atoms with Crippen molar-refractivity contribution in [2.45, 2.75) is 0 Å². The highest BCUT2D eigenvalue weighted by Crippen LogP contribution is 2.29. The topological polar surface area (TPSA) is 147 Å². The van der Waals surface area contributed by atoms with Crippen LogP contribution in [-0.4, -0.2) is 9.85 Å². The van der Waals surface area contributed by atoms with Gasteiger partial charge in [-0.3, -0.25) is 29.8 Å². The second-order valence-electron chi connectivity index (χ2n) is 7.40. The quantitative estimate of drug-likeness (QED) is 0.207. The molecule has 0 radical (unpaired) electrons. The normalized spacial score (nSPS) is 11.1. The number of hydrogen-bond acceptors (Lipinski definition) is 8. The second kappa shape index (κ2) is 7.78. The van der Waals surface area contributed by atoms with Crippen LogP contribution in [0.2, 0.25) is 0 Å². The first kappa shape index (κ1) is 20.8. The minimum Gasteiger partial charge on any atom is -0.456 e. The number of rotatable bonds is 4. The van der Waals surface area contributed by atoms with Crippen LogP contribution in [0.1, 0.15) is 0 Å². The number of benzene rings is 3. The minimum absolute atomic E-state index is 0.0987. The summed E-state index contributed by atoms with van der Waals surface area (Å²) in [4.78, 5) is 46.1. The predicted octanol–water partition coefficient (Wildman–Crippen LogP) is 5.05. The molecule has 2 aromatic heterocycles. The van der Waals surface area contributed by atoms with Gasteiger partial charge in [-0.05, 0) is 30.3 Å². The van der Waals surface area contributed by atoms with Crippen molar-refractivity contribution in [2.24, 2.45) is 0 Å². The van der Waals surface area contributed by atoms with Gasteiger partial charge in [-0.2, -0.15) is 0 Å². The van der Waals surface area contributed by atoms with E-state index in [1.165, 1.54) is 72.8 Å². The van der Waals surface area contributed by atoms with Gasteiger partial charge in [-0.25, -0.2) is 0 Å². The molecule has 10 heteroatoms.